The Morgan fingerprint density at radius 2 is 1.60 bits per heavy atom. The second-order valence-corrected chi connectivity index (χ2v) is 4.36. The molecule has 0 spiro atoms. The van der Waals surface area contributed by atoms with Gasteiger partial charge < -0.3 is 19.3 Å². The summed E-state index contributed by atoms with van der Waals surface area (Å²) >= 11 is 0. The summed E-state index contributed by atoms with van der Waals surface area (Å²) in [4.78, 5) is 13.3. The largest absolute Gasteiger partial charge is 0.466 e. The Balaban J connectivity index is 4.05. The molecule has 1 atom stereocenters. The summed E-state index contributed by atoms with van der Waals surface area (Å²) in [6.07, 6.45) is -0.703. The number of esters is 1. The van der Waals surface area contributed by atoms with Gasteiger partial charge in [0.05, 0.1) is 32.3 Å². The zero-order valence-electron chi connectivity index (χ0n) is 13.0. The highest BCUT2D eigenvalue weighted by Gasteiger charge is 2.16. The lowest BCUT2D eigenvalue weighted by molar-refractivity contribution is -0.145. The molecule has 20 heavy (non-hydrogen) atoms. The Morgan fingerprint density at radius 3 is 2.05 bits per heavy atom. The number of carbonyl (C=O) groups excluding carboxylic acids is 1. The maximum atomic E-state index is 11.3. The van der Waals surface area contributed by atoms with Crippen LogP contribution in [0.3, 0.4) is 0 Å². The van der Waals surface area contributed by atoms with Crippen molar-refractivity contribution in [2.75, 3.05) is 52.7 Å². The van der Waals surface area contributed by atoms with E-state index in [0.29, 0.717) is 52.7 Å². The van der Waals surface area contributed by atoms with Crippen LogP contribution in [0.2, 0.25) is 0 Å². The first-order chi connectivity index (χ1) is 9.63. The van der Waals surface area contributed by atoms with Crippen molar-refractivity contribution in [3.8, 4) is 0 Å². The zero-order chi connectivity index (χ0) is 15.2. The molecule has 1 N–H and O–H groups in total. The van der Waals surface area contributed by atoms with Crippen LogP contribution in [0.4, 0.5) is 0 Å². The first-order valence-corrected chi connectivity index (χ1v) is 7.35. The number of rotatable bonds is 13. The molecule has 6 nitrogen and oxygen atoms in total. The van der Waals surface area contributed by atoms with E-state index in [2.05, 4.69) is 0 Å². The monoisotopic (exact) mass is 291 g/mol. The van der Waals surface area contributed by atoms with E-state index >= 15 is 0 Å². The van der Waals surface area contributed by atoms with Crippen LogP contribution in [-0.4, -0.2) is 74.7 Å². The van der Waals surface area contributed by atoms with Gasteiger partial charge in [-0.1, -0.05) is 0 Å². The van der Waals surface area contributed by atoms with Crippen LogP contribution in [0, 0.1) is 0 Å². The predicted octanol–water partition coefficient (Wildman–Crippen LogP) is 0.675. The van der Waals surface area contributed by atoms with E-state index in [1.807, 2.05) is 18.7 Å². The number of nitrogens with zero attached hydrogens (tertiary/aromatic N) is 1. The van der Waals surface area contributed by atoms with Crippen LogP contribution in [0.25, 0.3) is 0 Å². The van der Waals surface area contributed by atoms with E-state index in [4.69, 9.17) is 14.2 Å². The molecule has 0 heterocycles. The van der Waals surface area contributed by atoms with Crippen molar-refractivity contribution in [3.63, 3.8) is 0 Å². The Labute approximate surface area is 122 Å². The number of ether oxygens (including phenoxy) is 3. The molecule has 120 valence electrons. The summed E-state index contributed by atoms with van der Waals surface area (Å²) in [5.41, 5.74) is 0. The molecule has 0 aromatic carbocycles. The van der Waals surface area contributed by atoms with E-state index in [1.165, 1.54) is 0 Å². The average molecular weight is 291 g/mol. The molecule has 0 radical (unpaired) electrons. The fourth-order valence-corrected chi connectivity index (χ4v) is 1.75. The molecular weight excluding hydrogens is 262 g/mol. The van der Waals surface area contributed by atoms with Crippen molar-refractivity contribution in [1.82, 2.24) is 4.90 Å². The lowest BCUT2D eigenvalue weighted by Gasteiger charge is -2.24. The predicted molar refractivity (Wildman–Crippen MR) is 76.7 cm³/mol. The standard InChI is InChI=1S/C14H29NO5/c1-4-18-9-7-15(8-10-19-5-2)12-13(16)11-14(17)20-6-3/h13,16H,4-12H2,1-3H3. The van der Waals surface area contributed by atoms with Crippen LogP contribution in [0.15, 0.2) is 0 Å². The molecule has 6 heteroatoms. The van der Waals surface area contributed by atoms with Gasteiger partial charge in [0.15, 0.2) is 0 Å². The minimum atomic E-state index is -0.725. The van der Waals surface area contributed by atoms with E-state index in [1.54, 1.807) is 6.92 Å². The van der Waals surface area contributed by atoms with E-state index in [0.717, 1.165) is 0 Å². The van der Waals surface area contributed by atoms with Gasteiger partial charge >= 0.3 is 5.97 Å². The van der Waals surface area contributed by atoms with Gasteiger partial charge in [0.1, 0.15) is 0 Å². The Bertz CT molecular complexity index is 228. The molecule has 0 aromatic heterocycles. The maximum absolute atomic E-state index is 11.3. The second kappa shape index (κ2) is 13.3. The molecule has 0 bridgehead atoms. The molecule has 0 aromatic rings. The minimum Gasteiger partial charge on any atom is -0.466 e. The lowest BCUT2D eigenvalue weighted by atomic mass is 10.2. The van der Waals surface area contributed by atoms with Gasteiger partial charge in [0.2, 0.25) is 0 Å². The third-order valence-corrected chi connectivity index (χ3v) is 2.69. The first kappa shape index (κ1) is 19.3. The number of hydrogen-bond donors (Lipinski definition) is 1. The first-order valence-electron chi connectivity index (χ1n) is 7.35. The highest BCUT2D eigenvalue weighted by atomic mass is 16.5. The van der Waals surface area contributed by atoms with Crippen molar-refractivity contribution in [1.29, 1.82) is 0 Å². The highest BCUT2D eigenvalue weighted by molar-refractivity contribution is 5.69. The summed E-state index contributed by atoms with van der Waals surface area (Å²) in [6.45, 7) is 10.4. The second-order valence-electron chi connectivity index (χ2n) is 4.36. The fourth-order valence-electron chi connectivity index (χ4n) is 1.75. The smallest absolute Gasteiger partial charge is 0.308 e. The highest BCUT2D eigenvalue weighted by Crippen LogP contribution is 2.00. The van der Waals surface area contributed by atoms with Crippen LogP contribution in [0.5, 0.6) is 0 Å². The Morgan fingerprint density at radius 1 is 1.05 bits per heavy atom. The molecule has 0 saturated carbocycles. The minimum absolute atomic E-state index is 0.0214. The zero-order valence-corrected chi connectivity index (χ0v) is 13.0. The van der Waals surface area contributed by atoms with Gasteiger partial charge in [-0.2, -0.15) is 0 Å². The van der Waals surface area contributed by atoms with Gasteiger partial charge in [-0.25, -0.2) is 0 Å². The summed E-state index contributed by atoms with van der Waals surface area (Å²) in [7, 11) is 0. The molecule has 0 fully saturated rings. The van der Waals surface area contributed by atoms with Crippen molar-refractivity contribution in [2.24, 2.45) is 0 Å². The molecule has 0 aliphatic carbocycles. The van der Waals surface area contributed by atoms with Crippen molar-refractivity contribution >= 4 is 5.97 Å². The molecular formula is C14H29NO5. The molecule has 1 unspecified atom stereocenters. The molecule has 0 aliphatic rings. The van der Waals surface area contributed by atoms with Gasteiger partial charge in [0, 0.05) is 32.8 Å². The molecule has 0 amide bonds. The van der Waals surface area contributed by atoms with Gasteiger partial charge in [-0.15, -0.1) is 0 Å². The van der Waals surface area contributed by atoms with Crippen LogP contribution in [-0.2, 0) is 19.0 Å². The topological polar surface area (TPSA) is 68.2 Å². The van der Waals surface area contributed by atoms with Crippen LogP contribution in [0.1, 0.15) is 27.2 Å². The van der Waals surface area contributed by atoms with Crippen LogP contribution < -0.4 is 0 Å². The number of aliphatic hydroxyl groups excluding tert-OH is 1. The summed E-state index contributed by atoms with van der Waals surface area (Å²) in [5.74, 6) is -0.366. The third-order valence-electron chi connectivity index (χ3n) is 2.69. The van der Waals surface area contributed by atoms with Crippen molar-refractivity contribution < 1.29 is 24.1 Å². The van der Waals surface area contributed by atoms with Crippen LogP contribution >= 0.6 is 0 Å². The van der Waals surface area contributed by atoms with Gasteiger partial charge in [-0.05, 0) is 20.8 Å². The quantitative estimate of drug-likeness (QED) is 0.397. The van der Waals surface area contributed by atoms with E-state index in [9.17, 15) is 9.90 Å². The molecule has 0 rings (SSSR count). The van der Waals surface area contributed by atoms with Gasteiger partial charge in [-0.3, -0.25) is 9.69 Å². The fraction of sp³-hybridized carbons (Fsp3) is 0.929. The SMILES string of the molecule is CCOCCN(CCOCC)CC(O)CC(=O)OCC. The van der Waals surface area contributed by atoms with E-state index < -0.39 is 6.10 Å². The summed E-state index contributed by atoms with van der Waals surface area (Å²) in [6, 6.07) is 0. The van der Waals surface area contributed by atoms with Gasteiger partial charge in [0.25, 0.3) is 0 Å². The lowest BCUT2D eigenvalue weighted by Crippen LogP contribution is -2.38. The molecule has 0 saturated heterocycles. The Hall–Kier alpha value is -0.690. The number of carbonyl (C=O) groups is 1. The van der Waals surface area contributed by atoms with Crippen molar-refractivity contribution in [3.05, 3.63) is 0 Å². The summed E-state index contributed by atoms with van der Waals surface area (Å²) < 4.78 is 15.5. The molecule has 0 aliphatic heterocycles. The average Bonchev–Trinajstić information content (AvgIpc) is 2.39. The normalized spacial score (nSPS) is 12.7. The van der Waals surface area contributed by atoms with E-state index in [-0.39, 0.29) is 12.4 Å². The Kier molecular flexibility index (Phi) is 12.8. The van der Waals surface area contributed by atoms with Crippen molar-refractivity contribution in [2.45, 2.75) is 33.3 Å². The number of hydrogen-bond acceptors (Lipinski definition) is 6. The number of aliphatic hydroxyl groups is 1. The maximum Gasteiger partial charge on any atom is 0.308 e. The summed E-state index contributed by atoms with van der Waals surface area (Å²) in [5, 5.41) is 9.91. The third kappa shape index (κ3) is 11.2.